The van der Waals surface area contributed by atoms with Gasteiger partial charge in [0.2, 0.25) is 0 Å². The van der Waals surface area contributed by atoms with Crippen LogP contribution in [0.15, 0.2) is 0 Å². The Morgan fingerprint density at radius 2 is 1.81 bits per heavy atom. The van der Waals surface area contributed by atoms with Gasteiger partial charge in [-0.3, -0.25) is 4.90 Å². The van der Waals surface area contributed by atoms with Crippen LogP contribution in [0, 0.1) is 0 Å². The van der Waals surface area contributed by atoms with Crippen molar-refractivity contribution >= 4 is 0 Å². The summed E-state index contributed by atoms with van der Waals surface area (Å²) in [5.74, 6) is 0. The second kappa shape index (κ2) is 5.99. The standard InChI is InChI=1S/C13H27N3/c1-15-8-9-16(2)13(11-15)10-14-12-6-4-3-5-7-12/h12-14H,3-11H2,1-2H3. The van der Waals surface area contributed by atoms with Crippen LogP contribution < -0.4 is 5.32 Å². The third-order valence-corrected chi connectivity index (χ3v) is 4.23. The quantitative estimate of drug-likeness (QED) is 0.777. The van der Waals surface area contributed by atoms with E-state index in [0.717, 1.165) is 6.04 Å². The molecular formula is C13H27N3. The third kappa shape index (κ3) is 3.44. The summed E-state index contributed by atoms with van der Waals surface area (Å²) in [4.78, 5) is 4.96. The van der Waals surface area contributed by atoms with E-state index >= 15 is 0 Å². The Morgan fingerprint density at radius 1 is 1.06 bits per heavy atom. The molecule has 1 aliphatic carbocycles. The average Bonchev–Trinajstić information content (AvgIpc) is 2.32. The number of rotatable bonds is 3. The molecule has 0 aromatic carbocycles. The van der Waals surface area contributed by atoms with E-state index in [1.807, 2.05) is 0 Å². The molecule has 1 saturated carbocycles. The maximum absolute atomic E-state index is 3.77. The van der Waals surface area contributed by atoms with Gasteiger partial charge >= 0.3 is 0 Å². The lowest BCUT2D eigenvalue weighted by Crippen LogP contribution is -2.54. The Labute approximate surface area is 100 Å². The van der Waals surface area contributed by atoms with Crippen LogP contribution in [-0.2, 0) is 0 Å². The summed E-state index contributed by atoms with van der Waals surface area (Å²) >= 11 is 0. The van der Waals surface area contributed by atoms with Gasteiger partial charge in [0.05, 0.1) is 0 Å². The summed E-state index contributed by atoms with van der Waals surface area (Å²) in [6.45, 7) is 4.83. The first-order valence-electron chi connectivity index (χ1n) is 6.88. The second-order valence-corrected chi connectivity index (χ2v) is 5.64. The third-order valence-electron chi connectivity index (χ3n) is 4.23. The van der Waals surface area contributed by atoms with Gasteiger partial charge in [0, 0.05) is 38.3 Å². The first-order chi connectivity index (χ1) is 7.75. The van der Waals surface area contributed by atoms with Gasteiger partial charge in [-0.25, -0.2) is 0 Å². The Balaban J connectivity index is 1.71. The number of nitrogens with zero attached hydrogens (tertiary/aromatic N) is 2. The van der Waals surface area contributed by atoms with E-state index in [1.54, 1.807) is 0 Å². The van der Waals surface area contributed by atoms with E-state index in [0.29, 0.717) is 6.04 Å². The molecule has 0 aromatic rings. The van der Waals surface area contributed by atoms with E-state index in [1.165, 1.54) is 58.3 Å². The maximum Gasteiger partial charge on any atom is 0.0345 e. The van der Waals surface area contributed by atoms with Gasteiger partial charge in [0.1, 0.15) is 0 Å². The van der Waals surface area contributed by atoms with Crippen LogP contribution in [-0.4, -0.2) is 62.2 Å². The molecule has 0 radical (unpaired) electrons. The first kappa shape index (κ1) is 12.3. The highest BCUT2D eigenvalue weighted by Crippen LogP contribution is 2.17. The zero-order valence-corrected chi connectivity index (χ0v) is 10.9. The van der Waals surface area contributed by atoms with E-state index in [2.05, 4.69) is 29.2 Å². The summed E-state index contributed by atoms with van der Waals surface area (Å²) in [7, 11) is 4.50. The molecule has 0 spiro atoms. The van der Waals surface area contributed by atoms with Crippen molar-refractivity contribution in [2.75, 3.05) is 40.3 Å². The van der Waals surface area contributed by atoms with Gasteiger partial charge in [-0.05, 0) is 26.9 Å². The Bertz CT molecular complexity index is 201. The minimum atomic E-state index is 0.709. The van der Waals surface area contributed by atoms with Crippen molar-refractivity contribution in [3.8, 4) is 0 Å². The fraction of sp³-hybridized carbons (Fsp3) is 1.00. The first-order valence-corrected chi connectivity index (χ1v) is 6.88. The summed E-state index contributed by atoms with van der Waals surface area (Å²) in [6.07, 6.45) is 7.10. The molecule has 2 aliphatic rings. The molecule has 0 bridgehead atoms. The molecule has 16 heavy (non-hydrogen) atoms. The van der Waals surface area contributed by atoms with Crippen molar-refractivity contribution in [2.24, 2.45) is 0 Å². The van der Waals surface area contributed by atoms with Crippen LogP contribution in [0.1, 0.15) is 32.1 Å². The monoisotopic (exact) mass is 225 g/mol. The van der Waals surface area contributed by atoms with Crippen molar-refractivity contribution in [3.63, 3.8) is 0 Å². The van der Waals surface area contributed by atoms with Crippen LogP contribution in [0.2, 0.25) is 0 Å². The fourth-order valence-corrected chi connectivity index (χ4v) is 2.93. The van der Waals surface area contributed by atoms with E-state index in [-0.39, 0.29) is 0 Å². The van der Waals surface area contributed by atoms with Crippen molar-refractivity contribution in [3.05, 3.63) is 0 Å². The number of nitrogens with one attached hydrogen (secondary N) is 1. The molecule has 3 heteroatoms. The largest absolute Gasteiger partial charge is 0.312 e. The molecule has 1 unspecified atom stereocenters. The van der Waals surface area contributed by atoms with E-state index in [4.69, 9.17) is 0 Å². The van der Waals surface area contributed by atoms with E-state index < -0.39 is 0 Å². The molecule has 0 aromatic heterocycles. The predicted octanol–water partition coefficient (Wildman–Crippen LogP) is 1.15. The lowest BCUT2D eigenvalue weighted by atomic mass is 9.95. The summed E-state index contributed by atoms with van der Waals surface area (Å²) in [5, 5.41) is 3.77. The molecule has 2 fully saturated rings. The molecule has 3 nitrogen and oxygen atoms in total. The molecule has 1 atom stereocenters. The predicted molar refractivity (Wildman–Crippen MR) is 68.8 cm³/mol. The van der Waals surface area contributed by atoms with Crippen molar-refractivity contribution in [2.45, 2.75) is 44.2 Å². The number of piperazine rings is 1. The lowest BCUT2D eigenvalue weighted by Gasteiger charge is -2.38. The van der Waals surface area contributed by atoms with Crippen LogP contribution in [0.5, 0.6) is 0 Å². The molecule has 1 N–H and O–H groups in total. The molecule has 1 heterocycles. The molecule has 1 aliphatic heterocycles. The molecule has 0 amide bonds. The van der Waals surface area contributed by atoms with Crippen LogP contribution in [0.25, 0.3) is 0 Å². The van der Waals surface area contributed by atoms with Gasteiger partial charge in [-0.2, -0.15) is 0 Å². The van der Waals surface area contributed by atoms with Crippen LogP contribution in [0.3, 0.4) is 0 Å². The highest BCUT2D eigenvalue weighted by Gasteiger charge is 2.23. The zero-order valence-electron chi connectivity index (χ0n) is 10.9. The topological polar surface area (TPSA) is 18.5 Å². The molecular weight excluding hydrogens is 198 g/mol. The summed E-state index contributed by atoms with van der Waals surface area (Å²) < 4.78 is 0. The fourth-order valence-electron chi connectivity index (χ4n) is 2.93. The SMILES string of the molecule is CN1CCN(C)C(CNC2CCCCC2)C1. The molecule has 2 rings (SSSR count). The van der Waals surface area contributed by atoms with Gasteiger partial charge in [-0.1, -0.05) is 19.3 Å². The van der Waals surface area contributed by atoms with Crippen molar-refractivity contribution in [1.82, 2.24) is 15.1 Å². The summed E-state index contributed by atoms with van der Waals surface area (Å²) in [6, 6.07) is 1.51. The zero-order chi connectivity index (χ0) is 11.4. The van der Waals surface area contributed by atoms with E-state index in [9.17, 15) is 0 Å². The Kier molecular flexibility index (Phi) is 4.62. The normalized spacial score (nSPS) is 30.8. The highest BCUT2D eigenvalue weighted by molar-refractivity contribution is 4.82. The lowest BCUT2D eigenvalue weighted by molar-refractivity contribution is 0.110. The second-order valence-electron chi connectivity index (χ2n) is 5.64. The van der Waals surface area contributed by atoms with Crippen molar-refractivity contribution < 1.29 is 0 Å². The number of likely N-dealkylation sites (N-methyl/N-ethyl adjacent to an activating group) is 2. The van der Waals surface area contributed by atoms with Crippen LogP contribution >= 0.6 is 0 Å². The smallest absolute Gasteiger partial charge is 0.0345 e. The maximum atomic E-state index is 3.77. The number of hydrogen-bond donors (Lipinski definition) is 1. The van der Waals surface area contributed by atoms with Gasteiger partial charge < -0.3 is 10.2 Å². The van der Waals surface area contributed by atoms with Gasteiger partial charge in [0.15, 0.2) is 0 Å². The van der Waals surface area contributed by atoms with Crippen LogP contribution in [0.4, 0.5) is 0 Å². The molecule has 1 saturated heterocycles. The molecule has 94 valence electrons. The summed E-state index contributed by atoms with van der Waals surface area (Å²) in [5.41, 5.74) is 0. The Morgan fingerprint density at radius 3 is 2.56 bits per heavy atom. The minimum absolute atomic E-state index is 0.709. The van der Waals surface area contributed by atoms with Crippen molar-refractivity contribution in [1.29, 1.82) is 0 Å². The average molecular weight is 225 g/mol. The van der Waals surface area contributed by atoms with Gasteiger partial charge in [0.25, 0.3) is 0 Å². The minimum Gasteiger partial charge on any atom is -0.312 e. The number of hydrogen-bond acceptors (Lipinski definition) is 3. The Hall–Kier alpha value is -0.120. The highest BCUT2D eigenvalue weighted by atomic mass is 15.3. The van der Waals surface area contributed by atoms with Gasteiger partial charge in [-0.15, -0.1) is 0 Å².